The van der Waals surface area contributed by atoms with Crippen LogP contribution in [0, 0.1) is 26.7 Å². The second-order valence-corrected chi connectivity index (χ2v) is 7.86. The lowest BCUT2D eigenvalue weighted by atomic mass is 10.1. The first kappa shape index (κ1) is 20.9. The second kappa shape index (κ2) is 8.66. The lowest BCUT2D eigenvalue weighted by molar-refractivity contribution is -0.127. The SMILES string of the molecule is Cc1cc(C)c(NC(=O)CNC(=O)C2CC(=O)N(c3cccc(Cl)c3)C2)c(C)c1. The van der Waals surface area contributed by atoms with Crippen LogP contribution in [0.1, 0.15) is 23.1 Å². The Balaban J connectivity index is 1.56. The molecule has 0 spiro atoms. The summed E-state index contributed by atoms with van der Waals surface area (Å²) < 4.78 is 0. The van der Waals surface area contributed by atoms with E-state index in [4.69, 9.17) is 11.6 Å². The lowest BCUT2D eigenvalue weighted by Gasteiger charge is -2.17. The molecule has 29 heavy (non-hydrogen) atoms. The summed E-state index contributed by atoms with van der Waals surface area (Å²) in [4.78, 5) is 38.6. The van der Waals surface area contributed by atoms with Crippen molar-refractivity contribution in [1.82, 2.24) is 5.32 Å². The van der Waals surface area contributed by atoms with Crippen LogP contribution >= 0.6 is 11.6 Å². The first-order chi connectivity index (χ1) is 13.7. The van der Waals surface area contributed by atoms with Crippen LogP contribution in [0.25, 0.3) is 0 Å². The summed E-state index contributed by atoms with van der Waals surface area (Å²) in [5.41, 5.74) is 4.50. The van der Waals surface area contributed by atoms with E-state index in [9.17, 15) is 14.4 Å². The quantitative estimate of drug-likeness (QED) is 0.788. The highest BCUT2D eigenvalue weighted by Crippen LogP contribution is 2.27. The van der Waals surface area contributed by atoms with Crippen molar-refractivity contribution in [2.45, 2.75) is 27.2 Å². The molecule has 1 aliphatic rings. The molecule has 1 unspecified atom stereocenters. The Morgan fingerprint density at radius 3 is 2.48 bits per heavy atom. The molecule has 1 saturated heterocycles. The van der Waals surface area contributed by atoms with Gasteiger partial charge in [0.15, 0.2) is 0 Å². The molecule has 0 aromatic heterocycles. The maximum absolute atomic E-state index is 12.5. The summed E-state index contributed by atoms with van der Waals surface area (Å²) >= 11 is 5.99. The summed E-state index contributed by atoms with van der Waals surface area (Å²) in [5, 5.41) is 6.03. The number of hydrogen-bond acceptors (Lipinski definition) is 3. The van der Waals surface area contributed by atoms with Crippen molar-refractivity contribution in [1.29, 1.82) is 0 Å². The van der Waals surface area contributed by atoms with Gasteiger partial charge >= 0.3 is 0 Å². The Kier molecular flexibility index (Phi) is 6.23. The van der Waals surface area contributed by atoms with E-state index in [1.165, 1.54) is 0 Å². The van der Waals surface area contributed by atoms with Crippen LogP contribution in [0.3, 0.4) is 0 Å². The molecule has 0 radical (unpaired) electrons. The average Bonchev–Trinajstić information content (AvgIpc) is 3.04. The van der Waals surface area contributed by atoms with Crippen molar-refractivity contribution in [3.63, 3.8) is 0 Å². The normalized spacial score (nSPS) is 16.1. The molecule has 1 heterocycles. The first-order valence-electron chi connectivity index (χ1n) is 9.46. The number of aryl methyl sites for hydroxylation is 3. The van der Waals surface area contributed by atoms with Crippen LogP contribution in [-0.4, -0.2) is 30.8 Å². The summed E-state index contributed by atoms with van der Waals surface area (Å²) in [7, 11) is 0. The van der Waals surface area contributed by atoms with Crippen LogP contribution in [-0.2, 0) is 14.4 Å². The van der Waals surface area contributed by atoms with Gasteiger partial charge in [0.25, 0.3) is 0 Å². The Morgan fingerprint density at radius 2 is 1.83 bits per heavy atom. The predicted octanol–water partition coefficient (Wildman–Crippen LogP) is 3.37. The number of halogens is 1. The number of nitrogens with zero attached hydrogens (tertiary/aromatic N) is 1. The third-order valence-corrected chi connectivity index (χ3v) is 5.22. The van der Waals surface area contributed by atoms with E-state index in [0.717, 1.165) is 22.4 Å². The van der Waals surface area contributed by atoms with Gasteiger partial charge in [-0.3, -0.25) is 14.4 Å². The first-order valence-corrected chi connectivity index (χ1v) is 9.83. The van der Waals surface area contributed by atoms with Gasteiger partial charge in [0.1, 0.15) is 0 Å². The third kappa shape index (κ3) is 4.95. The fraction of sp³-hybridized carbons (Fsp3) is 0.318. The zero-order valence-electron chi connectivity index (χ0n) is 16.7. The Morgan fingerprint density at radius 1 is 1.14 bits per heavy atom. The summed E-state index contributed by atoms with van der Waals surface area (Å²) in [6.45, 7) is 5.99. The predicted molar refractivity (Wildman–Crippen MR) is 114 cm³/mol. The highest BCUT2D eigenvalue weighted by Gasteiger charge is 2.35. The van der Waals surface area contributed by atoms with Gasteiger partial charge in [-0.1, -0.05) is 35.4 Å². The van der Waals surface area contributed by atoms with Crippen LogP contribution in [0.5, 0.6) is 0 Å². The van der Waals surface area contributed by atoms with E-state index >= 15 is 0 Å². The fourth-order valence-electron chi connectivity index (χ4n) is 3.65. The number of anilines is 2. The summed E-state index contributed by atoms with van der Waals surface area (Å²) in [6, 6.07) is 11.0. The highest BCUT2D eigenvalue weighted by molar-refractivity contribution is 6.31. The minimum absolute atomic E-state index is 0.107. The number of nitrogens with one attached hydrogen (secondary N) is 2. The molecule has 152 valence electrons. The molecule has 3 rings (SSSR count). The van der Waals surface area contributed by atoms with Gasteiger partial charge in [0.05, 0.1) is 12.5 Å². The largest absolute Gasteiger partial charge is 0.347 e. The van der Waals surface area contributed by atoms with Crippen LogP contribution in [0.2, 0.25) is 5.02 Å². The van der Waals surface area contributed by atoms with Crippen LogP contribution in [0.15, 0.2) is 36.4 Å². The number of carbonyl (C=O) groups excluding carboxylic acids is 3. The average molecular weight is 414 g/mol. The number of amides is 3. The van der Waals surface area contributed by atoms with Crippen molar-refractivity contribution >= 4 is 40.7 Å². The Labute approximate surface area is 175 Å². The fourth-order valence-corrected chi connectivity index (χ4v) is 3.83. The summed E-state index contributed by atoms with van der Waals surface area (Å²) in [5.74, 6) is -1.25. The standard InChI is InChI=1S/C22H24ClN3O3/c1-13-7-14(2)21(15(3)8-13)25-19(27)11-24-22(29)16-9-20(28)26(12-16)18-6-4-5-17(23)10-18/h4-8,10,16H,9,11-12H2,1-3H3,(H,24,29)(H,25,27). The number of hydrogen-bond donors (Lipinski definition) is 2. The molecule has 0 saturated carbocycles. The molecule has 0 bridgehead atoms. The molecule has 1 aliphatic heterocycles. The number of rotatable bonds is 5. The summed E-state index contributed by atoms with van der Waals surface area (Å²) in [6.07, 6.45) is 0.107. The minimum Gasteiger partial charge on any atom is -0.347 e. The maximum Gasteiger partial charge on any atom is 0.243 e. The zero-order chi connectivity index (χ0) is 21.1. The molecular weight excluding hydrogens is 390 g/mol. The molecule has 3 amide bonds. The van der Waals surface area contributed by atoms with Gasteiger partial charge in [0.2, 0.25) is 17.7 Å². The van der Waals surface area contributed by atoms with Crippen molar-refractivity contribution in [2.24, 2.45) is 5.92 Å². The number of benzene rings is 2. The third-order valence-electron chi connectivity index (χ3n) is 4.98. The maximum atomic E-state index is 12.5. The van der Waals surface area contributed by atoms with E-state index in [0.29, 0.717) is 10.7 Å². The van der Waals surface area contributed by atoms with Gasteiger partial charge in [-0.05, 0) is 50.1 Å². The van der Waals surface area contributed by atoms with Crippen molar-refractivity contribution < 1.29 is 14.4 Å². The lowest BCUT2D eigenvalue weighted by Crippen LogP contribution is -2.38. The topological polar surface area (TPSA) is 78.5 Å². The molecule has 6 nitrogen and oxygen atoms in total. The molecule has 2 N–H and O–H groups in total. The van der Waals surface area contributed by atoms with E-state index < -0.39 is 5.92 Å². The van der Waals surface area contributed by atoms with E-state index in [-0.39, 0.29) is 37.2 Å². The zero-order valence-corrected chi connectivity index (χ0v) is 17.5. The Hall–Kier alpha value is -2.86. The second-order valence-electron chi connectivity index (χ2n) is 7.42. The smallest absolute Gasteiger partial charge is 0.243 e. The van der Waals surface area contributed by atoms with Crippen LogP contribution < -0.4 is 15.5 Å². The van der Waals surface area contributed by atoms with E-state index in [1.807, 2.05) is 32.9 Å². The molecule has 1 atom stereocenters. The van der Waals surface area contributed by atoms with Crippen LogP contribution in [0.4, 0.5) is 11.4 Å². The van der Waals surface area contributed by atoms with Crippen molar-refractivity contribution in [2.75, 3.05) is 23.3 Å². The van der Waals surface area contributed by atoms with E-state index in [2.05, 4.69) is 10.6 Å². The molecule has 0 aliphatic carbocycles. The molecule has 2 aromatic carbocycles. The van der Waals surface area contributed by atoms with E-state index in [1.54, 1.807) is 29.2 Å². The van der Waals surface area contributed by atoms with Gasteiger partial charge in [-0.25, -0.2) is 0 Å². The number of carbonyl (C=O) groups is 3. The molecule has 7 heteroatoms. The van der Waals surface area contributed by atoms with Crippen molar-refractivity contribution in [3.8, 4) is 0 Å². The highest BCUT2D eigenvalue weighted by atomic mass is 35.5. The van der Waals surface area contributed by atoms with Gasteiger partial charge in [-0.15, -0.1) is 0 Å². The minimum atomic E-state index is -0.503. The van der Waals surface area contributed by atoms with Gasteiger partial charge in [0, 0.05) is 29.4 Å². The molecule has 1 fully saturated rings. The monoisotopic (exact) mass is 413 g/mol. The molecule has 2 aromatic rings. The Bertz CT molecular complexity index is 951. The van der Waals surface area contributed by atoms with Gasteiger partial charge < -0.3 is 15.5 Å². The molecular formula is C22H24ClN3O3. The van der Waals surface area contributed by atoms with Crippen molar-refractivity contribution in [3.05, 3.63) is 58.1 Å². The van der Waals surface area contributed by atoms with Gasteiger partial charge in [-0.2, -0.15) is 0 Å².